The van der Waals surface area contributed by atoms with Gasteiger partial charge in [-0.05, 0) is 35.7 Å². The summed E-state index contributed by atoms with van der Waals surface area (Å²) < 4.78 is 62.8. The molecular formula is C12H10F3NO2S2. The van der Waals surface area contributed by atoms with E-state index in [0.29, 0.717) is 0 Å². The van der Waals surface area contributed by atoms with Gasteiger partial charge in [-0.15, -0.1) is 11.3 Å². The molecular weight excluding hydrogens is 311 g/mol. The number of halogens is 3. The monoisotopic (exact) mass is 321 g/mol. The minimum Gasteiger partial charge on any atom is -0.269 e. The van der Waals surface area contributed by atoms with Gasteiger partial charge in [-0.1, -0.05) is 6.07 Å². The van der Waals surface area contributed by atoms with Gasteiger partial charge < -0.3 is 0 Å². The van der Waals surface area contributed by atoms with Gasteiger partial charge in [0, 0.05) is 7.05 Å². The van der Waals surface area contributed by atoms with E-state index >= 15 is 0 Å². The van der Waals surface area contributed by atoms with E-state index in [4.69, 9.17) is 0 Å². The number of rotatable bonds is 3. The zero-order valence-electron chi connectivity index (χ0n) is 10.3. The standard InChI is InChI=1S/C12H10F3NO2S2/c1-16(20(17,18)11-3-2-8-19-11)10-6-4-9(5-7-10)12(13,14)15/h2-8H,1H3. The average molecular weight is 321 g/mol. The lowest BCUT2D eigenvalue weighted by atomic mass is 10.2. The summed E-state index contributed by atoms with van der Waals surface area (Å²) in [5.41, 5.74) is -0.644. The number of anilines is 1. The Hall–Kier alpha value is -1.54. The second-order valence-electron chi connectivity index (χ2n) is 3.95. The quantitative estimate of drug-likeness (QED) is 0.866. The highest BCUT2D eigenvalue weighted by atomic mass is 32.2. The van der Waals surface area contributed by atoms with Crippen molar-refractivity contribution < 1.29 is 21.6 Å². The highest BCUT2D eigenvalue weighted by molar-refractivity contribution is 7.94. The summed E-state index contributed by atoms with van der Waals surface area (Å²) in [6.07, 6.45) is -4.44. The van der Waals surface area contributed by atoms with Gasteiger partial charge in [0.25, 0.3) is 10.0 Å². The third kappa shape index (κ3) is 2.80. The Balaban J connectivity index is 2.33. The van der Waals surface area contributed by atoms with Crippen LogP contribution in [0.4, 0.5) is 18.9 Å². The van der Waals surface area contributed by atoms with Crippen LogP contribution >= 0.6 is 11.3 Å². The molecule has 2 aromatic rings. The Morgan fingerprint density at radius 2 is 1.70 bits per heavy atom. The molecule has 2 rings (SSSR count). The van der Waals surface area contributed by atoms with E-state index in [0.717, 1.165) is 39.9 Å². The fourth-order valence-corrected chi connectivity index (χ4v) is 3.90. The molecule has 0 aliphatic rings. The van der Waals surface area contributed by atoms with Crippen molar-refractivity contribution in [2.75, 3.05) is 11.4 Å². The first-order valence-corrected chi connectivity index (χ1v) is 7.74. The lowest BCUT2D eigenvalue weighted by Crippen LogP contribution is -2.25. The van der Waals surface area contributed by atoms with Crippen LogP contribution < -0.4 is 4.31 Å². The molecule has 0 aliphatic heterocycles. The number of thiophene rings is 1. The Morgan fingerprint density at radius 3 is 2.15 bits per heavy atom. The summed E-state index contributed by atoms with van der Waals surface area (Å²) in [6.45, 7) is 0. The van der Waals surface area contributed by atoms with Crippen molar-refractivity contribution in [3.63, 3.8) is 0 Å². The molecule has 0 fully saturated rings. The van der Waals surface area contributed by atoms with Crippen molar-refractivity contribution in [2.24, 2.45) is 0 Å². The van der Waals surface area contributed by atoms with Crippen LogP contribution in [0.2, 0.25) is 0 Å². The van der Waals surface area contributed by atoms with Gasteiger partial charge in [-0.2, -0.15) is 13.2 Å². The normalized spacial score (nSPS) is 12.4. The molecule has 1 heterocycles. The third-order valence-corrected chi connectivity index (χ3v) is 5.83. The van der Waals surface area contributed by atoms with Crippen LogP contribution in [0.1, 0.15) is 5.56 Å². The van der Waals surface area contributed by atoms with Crippen LogP contribution in [-0.2, 0) is 16.2 Å². The molecule has 0 radical (unpaired) electrons. The average Bonchev–Trinajstić information content (AvgIpc) is 2.91. The minimum absolute atomic E-state index is 0.139. The van der Waals surface area contributed by atoms with Gasteiger partial charge in [0.2, 0.25) is 0 Å². The zero-order chi connectivity index (χ0) is 15.0. The van der Waals surface area contributed by atoms with Crippen LogP contribution in [0, 0.1) is 0 Å². The van der Waals surface area contributed by atoms with Gasteiger partial charge >= 0.3 is 6.18 Å². The maximum atomic E-state index is 12.4. The van der Waals surface area contributed by atoms with Crippen molar-refractivity contribution in [1.29, 1.82) is 0 Å². The predicted octanol–water partition coefficient (Wildman–Crippen LogP) is 3.59. The maximum absolute atomic E-state index is 12.4. The molecule has 3 nitrogen and oxygen atoms in total. The van der Waals surface area contributed by atoms with E-state index < -0.39 is 21.8 Å². The first-order chi connectivity index (χ1) is 9.23. The molecule has 0 atom stereocenters. The molecule has 0 aliphatic carbocycles. The highest BCUT2D eigenvalue weighted by Crippen LogP contribution is 2.31. The van der Waals surface area contributed by atoms with Crippen LogP contribution in [0.5, 0.6) is 0 Å². The summed E-state index contributed by atoms with van der Waals surface area (Å²) in [5.74, 6) is 0. The first-order valence-electron chi connectivity index (χ1n) is 5.42. The molecule has 0 spiro atoms. The van der Waals surface area contributed by atoms with Gasteiger partial charge in [-0.3, -0.25) is 4.31 Å². The number of alkyl halides is 3. The van der Waals surface area contributed by atoms with Crippen LogP contribution in [-0.4, -0.2) is 15.5 Å². The van der Waals surface area contributed by atoms with E-state index in [1.807, 2.05) is 0 Å². The van der Waals surface area contributed by atoms with Gasteiger partial charge in [0.1, 0.15) is 4.21 Å². The molecule has 0 saturated carbocycles. The van der Waals surface area contributed by atoms with Gasteiger partial charge in [0.15, 0.2) is 0 Å². The van der Waals surface area contributed by atoms with Crippen LogP contribution in [0.3, 0.4) is 0 Å². The van der Waals surface area contributed by atoms with Crippen molar-refractivity contribution in [3.8, 4) is 0 Å². The topological polar surface area (TPSA) is 37.4 Å². The van der Waals surface area contributed by atoms with E-state index in [-0.39, 0.29) is 9.90 Å². The maximum Gasteiger partial charge on any atom is 0.416 e. The minimum atomic E-state index is -4.44. The number of benzene rings is 1. The Bertz CT molecular complexity index is 676. The Kier molecular flexibility index (Phi) is 3.79. The predicted molar refractivity (Wildman–Crippen MR) is 71.4 cm³/mol. The fraction of sp³-hybridized carbons (Fsp3) is 0.167. The first kappa shape index (κ1) is 14.9. The number of hydrogen-bond acceptors (Lipinski definition) is 3. The number of sulfonamides is 1. The van der Waals surface area contributed by atoms with Crippen LogP contribution in [0.25, 0.3) is 0 Å². The van der Waals surface area contributed by atoms with Crippen molar-refractivity contribution in [3.05, 3.63) is 47.3 Å². The Labute approximate surface area is 118 Å². The van der Waals surface area contributed by atoms with Gasteiger partial charge in [-0.25, -0.2) is 8.42 Å². The van der Waals surface area contributed by atoms with Crippen LogP contribution in [0.15, 0.2) is 46.0 Å². The molecule has 1 aromatic carbocycles. The Morgan fingerprint density at radius 1 is 1.10 bits per heavy atom. The largest absolute Gasteiger partial charge is 0.416 e. The highest BCUT2D eigenvalue weighted by Gasteiger charge is 2.30. The molecule has 20 heavy (non-hydrogen) atoms. The van der Waals surface area contributed by atoms with E-state index in [9.17, 15) is 21.6 Å². The number of hydrogen-bond donors (Lipinski definition) is 0. The third-order valence-electron chi connectivity index (χ3n) is 2.67. The molecule has 0 bridgehead atoms. The summed E-state index contributed by atoms with van der Waals surface area (Å²) in [7, 11) is -2.42. The van der Waals surface area contributed by atoms with E-state index in [1.165, 1.54) is 13.1 Å². The molecule has 0 N–H and O–H groups in total. The second kappa shape index (κ2) is 5.10. The summed E-state index contributed by atoms with van der Waals surface area (Å²) >= 11 is 1.05. The zero-order valence-corrected chi connectivity index (χ0v) is 11.9. The smallest absolute Gasteiger partial charge is 0.269 e. The lowest BCUT2D eigenvalue weighted by Gasteiger charge is -2.19. The lowest BCUT2D eigenvalue weighted by molar-refractivity contribution is -0.137. The molecule has 1 aromatic heterocycles. The molecule has 0 amide bonds. The molecule has 108 valence electrons. The van der Waals surface area contributed by atoms with E-state index in [2.05, 4.69) is 0 Å². The van der Waals surface area contributed by atoms with Crippen molar-refractivity contribution in [2.45, 2.75) is 10.4 Å². The second-order valence-corrected chi connectivity index (χ2v) is 7.09. The SMILES string of the molecule is CN(c1ccc(C(F)(F)F)cc1)S(=O)(=O)c1cccs1. The summed E-state index contributed by atoms with van der Waals surface area (Å²) in [5, 5.41) is 1.62. The molecule has 8 heteroatoms. The van der Waals surface area contributed by atoms with Gasteiger partial charge in [0.05, 0.1) is 11.3 Å². The van der Waals surface area contributed by atoms with E-state index in [1.54, 1.807) is 11.4 Å². The molecule has 0 unspecified atom stereocenters. The van der Waals surface area contributed by atoms with Crippen molar-refractivity contribution in [1.82, 2.24) is 0 Å². The fourth-order valence-electron chi connectivity index (χ4n) is 1.54. The number of nitrogens with zero attached hydrogens (tertiary/aromatic N) is 1. The molecule has 0 saturated heterocycles. The summed E-state index contributed by atoms with van der Waals surface area (Å²) in [4.78, 5) is 0. The summed E-state index contributed by atoms with van der Waals surface area (Å²) in [6, 6.07) is 7.02. The van der Waals surface area contributed by atoms with Crippen molar-refractivity contribution >= 4 is 27.0 Å².